The summed E-state index contributed by atoms with van der Waals surface area (Å²) in [5, 5.41) is 6.13. The fourth-order valence-electron chi connectivity index (χ4n) is 3.20. The predicted molar refractivity (Wildman–Crippen MR) is 119 cm³/mol. The van der Waals surface area contributed by atoms with E-state index in [1.165, 1.54) is 0 Å². The molecule has 2 fully saturated rings. The Balaban J connectivity index is 1.40. The molecule has 0 aromatic carbocycles. The number of amides is 6. The molecule has 204 valence electrons. The number of hydrogen-bond acceptors (Lipinski definition) is 11. The highest BCUT2D eigenvalue weighted by molar-refractivity contribution is 6.02. The summed E-state index contributed by atoms with van der Waals surface area (Å²) in [7, 11) is 0. The molecule has 15 heteroatoms. The summed E-state index contributed by atoms with van der Waals surface area (Å²) in [4.78, 5) is 102. The standard InChI is InChI=1S/C22H30N4O11/c27-15(3-1-5-21(33)36-25-17(29)7-8-18(25)30)23-11-13-35-14-12-24-16(28)4-2-6-22(34)37-26-19(31)9-10-20(26)32/h1-14H2,(H,23,27)(H,24,28). The molecule has 0 aliphatic carbocycles. The average molecular weight is 526 g/mol. The average Bonchev–Trinajstić information content (AvgIpc) is 3.33. The van der Waals surface area contributed by atoms with E-state index in [1.54, 1.807) is 0 Å². The Morgan fingerprint density at radius 1 is 0.595 bits per heavy atom. The summed E-state index contributed by atoms with van der Waals surface area (Å²) >= 11 is 0. The van der Waals surface area contributed by atoms with Gasteiger partial charge in [-0.05, 0) is 12.8 Å². The molecular formula is C22H30N4O11. The third-order valence-electron chi connectivity index (χ3n) is 5.10. The maximum absolute atomic E-state index is 11.8. The lowest BCUT2D eigenvalue weighted by molar-refractivity contribution is -0.197. The van der Waals surface area contributed by atoms with Crippen molar-refractivity contribution >= 4 is 47.4 Å². The number of imide groups is 2. The van der Waals surface area contributed by atoms with Gasteiger partial charge in [-0.1, -0.05) is 0 Å². The van der Waals surface area contributed by atoms with Gasteiger partial charge in [0.15, 0.2) is 0 Å². The van der Waals surface area contributed by atoms with E-state index in [-0.39, 0.29) is 102 Å². The minimum absolute atomic E-state index is 0.00961. The number of carbonyl (C=O) groups is 8. The fourth-order valence-corrected chi connectivity index (χ4v) is 3.20. The van der Waals surface area contributed by atoms with Crippen LogP contribution in [0.1, 0.15) is 64.2 Å². The Morgan fingerprint density at radius 2 is 0.946 bits per heavy atom. The van der Waals surface area contributed by atoms with E-state index in [0.29, 0.717) is 10.1 Å². The molecule has 0 aromatic heterocycles. The summed E-state index contributed by atoms with van der Waals surface area (Å²) in [6.45, 7) is 0.835. The normalized spacial score (nSPS) is 15.2. The number of ether oxygens (including phenoxy) is 1. The van der Waals surface area contributed by atoms with E-state index in [1.807, 2.05) is 0 Å². The van der Waals surface area contributed by atoms with Crippen LogP contribution in [0.4, 0.5) is 0 Å². The van der Waals surface area contributed by atoms with Crippen LogP contribution >= 0.6 is 0 Å². The summed E-state index contributed by atoms with van der Waals surface area (Å²) in [6.07, 6.45) is 0.243. The first-order chi connectivity index (χ1) is 17.7. The summed E-state index contributed by atoms with van der Waals surface area (Å²) in [6, 6.07) is 0. The lowest BCUT2D eigenvalue weighted by Gasteiger charge is -2.12. The monoisotopic (exact) mass is 526 g/mol. The van der Waals surface area contributed by atoms with Gasteiger partial charge in [-0.15, -0.1) is 10.1 Å². The Hall–Kier alpha value is -3.88. The maximum Gasteiger partial charge on any atom is 0.333 e. The summed E-state index contributed by atoms with van der Waals surface area (Å²) < 4.78 is 5.29. The number of hydrogen-bond donors (Lipinski definition) is 2. The van der Waals surface area contributed by atoms with Gasteiger partial charge in [0.25, 0.3) is 23.6 Å². The molecule has 37 heavy (non-hydrogen) atoms. The van der Waals surface area contributed by atoms with Crippen molar-refractivity contribution in [1.82, 2.24) is 20.8 Å². The minimum atomic E-state index is -0.767. The SMILES string of the molecule is O=C(CCCC(=O)ON1C(=O)CCC1=O)NCCOCCNC(=O)CCCC(=O)ON1C(=O)CCC1=O. The van der Waals surface area contributed by atoms with Crippen molar-refractivity contribution in [2.75, 3.05) is 26.3 Å². The second-order valence-electron chi connectivity index (χ2n) is 8.11. The number of nitrogens with zero attached hydrogens (tertiary/aromatic N) is 2. The topological polar surface area (TPSA) is 195 Å². The third-order valence-corrected chi connectivity index (χ3v) is 5.10. The van der Waals surface area contributed by atoms with Crippen LogP contribution in [0.25, 0.3) is 0 Å². The Bertz CT molecular complexity index is 816. The van der Waals surface area contributed by atoms with Crippen LogP contribution < -0.4 is 10.6 Å². The van der Waals surface area contributed by atoms with Crippen molar-refractivity contribution in [2.24, 2.45) is 0 Å². The van der Waals surface area contributed by atoms with Gasteiger partial charge in [0.05, 0.1) is 13.2 Å². The van der Waals surface area contributed by atoms with Crippen molar-refractivity contribution in [3.63, 3.8) is 0 Å². The number of nitrogens with one attached hydrogen (secondary N) is 2. The summed E-state index contributed by atoms with van der Waals surface area (Å²) in [5.41, 5.74) is 0. The Labute approximate surface area is 212 Å². The van der Waals surface area contributed by atoms with Gasteiger partial charge in [0.2, 0.25) is 11.8 Å². The first kappa shape index (κ1) is 29.4. The van der Waals surface area contributed by atoms with E-state index < -0.39 is 35.6 Å². The molecule has 0 aromatic rings. The number of rotatable bonds is 16. The van der Waals surface area contributed by atoms with E-state index >= 15 is 0 Å². The molecule has 2 aliphatic heterocycles. The van der Waals surface area contributed by atoms with Crippen molar-refractivity contribution in [1.29, 1.82) is 0 Å². The maximum atomic E-state index is 11.8. The highest BCUT2D eigenvalue weighted by Gasteiger charge is 2.33. The minimum Gasteiger partial charge on any atom is -0.378 e. The van der Waals surface area contributed by atoms with Crippen molar-refractivity contribution in [3.05, 3.63) is 0 Å². The Morgan fingerprint density at radius 3 is 1.30 bits per heavy atom. The zero-order valence-electron chi connectivity index (χ0n) is 20.3. The molecule has 2 saturated heterocycles. The smallest absolute Gasteiger partial charge is 0.333 e. The van der Waals surface area contributed by atoms with Gasteiger partial charge in [-0.3, -0.25) is 28.8 Å². The van der Waals surface area contributed by atoms with Crippen molar-refractivity contribution < 1.29 is 52.8 Å². The molecule has 2 N–H and O–H groups in total. The van der Waals surface area contributed by atoms with Gasteiger partial charge in [-0.25, -0.2) is 9.59 Å². The zero-order valence-corrected chi connectivity index (χ0v) is 20.3. The van der Waals surface area contributed by atoms with E-state index in [0.717, 1.165) is 0 Å². The first-order valence-corrected chi connectivity index (χ1v) is 11.9. The van der Waals surface area contributed by atoms with Crippen molar-refractivity contribution in [2.45, 2.75) is 64.2 Å². The Kier molecular flexibility index (Phi) is 12.1. The zero-order chi connectivity index (χ0) is 27.2. The van der Waals surface area contributed by atoms with Crippen LogP contribution in [-0.4, -0.2) is 83.8 Å². The van der Waals surface area contributed by atoms with E-state index in [4.69, 9.17) is 14.4 Å². The molecule has 2 aliphatic rings. The molecule has 0 saturated carbocycles. The quantitative estimate of drug-likeness (QED) is 0.181. The molecule has 0 atom stereocenters. The lowest BCUT2D eigenvalue weighted by atomic mass is 10.2. The summed E-state index contributed by atoms with van der Waals surface area (Å²) in [5.74, 6) is -4.41. The van der Waals surface area contributed by atoms with Crippen LogP contribution in [0.2, 0.25) is 0 Å². The van der Waals surface area contributed by atoms with E-state index in [9.17, 15) is 38.4 Å². The first-order valence-electron chi connectivity index (χ1n) is 11.9. The second-order valence-corrected chi connectivity index (χ2v) is 8.11. The number of hydroxylamine groups is 4. The van der Waals surface area contributed by atoms with Gasteiger partial charge in [0, 0.05) is 64.5 Å². The molecule has 0 spiro atoms. The second kappa shape index (κ2) is 15.3. The van der Waals surface area contributed by atoms with Crippen LogP contribution in [0.15, 0.2) is 0 Å². The van der Waals surface area contributed by atoms with Gasteiger partial charge < -0.3 is 25.0 Å². The van der Waals surface area contributed by atoms with Crippen molar-refractivity contribution in [3.8, 4) is 0 Å². The molecular weight excluding hydrogens is 496 g/mol. The molecule has 6 amide bonds. The molecule has 2 rings (SSSR count). The van der Waals surface area contributed by atoms with E-state index in [2.05, 4.69) is 10.6 Å². The van der Waals surface area contributed by atoms with Crippen LogP contribution in [0, 0.1) is 0 Å². The fraction of sp³-hybridized carbons (Fsp3) is 0.636. The predicted octanol–water partition coefficient (Wildman–Crippen LogP) is -1.21. The molecule has 15 nitrogen and oxygen atoms in total. The molecule has 0 radical (unpaired) electrons. The van der Waals surface area contributed by atoms with Crippen LogP contribution in [0.5, 0.6) is 0 Å². The highest BCUT2D eigenvalue weighted by atomic mass is 16.7. The lowest BCUT2D eigenvalue weighted by Crippen LogP contribution is -2.32. The largest absolute Gasteiger partial charge is 0.378 e. The molecule has 2 heterocycles. The van der Waals surface area contributed by atoms with Gasteiger partial charge in [0.1, 0.15) is 0 Å². The van der Waals surface area contributed by atoms with Crippen LogP contribution in [-0.2, 0) is 52.8 Å². The number of carbonyl (C=O) groups excluding carboxylic acids is 8. The third kappa shape index (κ3) is 10.7. The molecule has 0 bridgehead atoms. The highest BCUT2D eigenvalue weighted by Crippen LogP contribution is 2.14. The van der Waals surface area contributed by atoms with Gasteiger partial charge in [-0.2, -0.15) is 0 Å². The molecule has 0 unspecified atom stereocenters. The van der Waals surface area contributed by atoms with Gasteiger partial charge >= 0.3 is 11.9 Å². The van der Waals surface area contributed by atoms with Crippen LogP contribution in [0.3, 0.4) is 0 Å².